The van der Waals surface area contributed by atoms with Gasteiger partial charge in [0.1, 0.15) is 16.0 Å². The predicted octanol–water partition coefficient (Wildman–Crippen LogP) is 5.79. The van der Waals surface area contributed by atoms with Gasteiger partial charge in [0.05, 0.1) is 5.56 Å². The third kappa shape index (κ3) is 7.08. The molecular weight excluding hydrogens is 454 g/mol. The van der Waals surface area contributed by atoms with Crippen LogP contribution in [0.25, 0.3) is 0 Å². The molecule has 0 bridgehead atoms. The number of hydrogen-bond donors (Lipinski definition) is 2. The van der Waals surface area contributed by atoms with E-state index in [4.69, 9.17) is 11.6 Å². The summed E-state index contributed by atoms with van der Waals surface area (Å²) in [5, 5.41) is 4.33. The number of amides is 1. The van der Waals surface area contributed by atoms with E-state index >= 15 is 0 Å². The molecule has 1 amide bonds. The average molecular weight is 490 g/mol. The first kappa shape index (κ1) is 25.8. The zero-order valence-electron chi connectivity index (χ0n) is 20.5. The van der Waals surface area contributed by atoms with Gasteiger partial charge in [0.25, 0.3) is 5.91 Å². The van der Waals surface area contributed by atoms with Crippen molar-refractivity contribution in [3.05, 3.63) is 46.7 Å². The Bertz CT molecular complexity index is 976. The van der Waals surface area contributed by atoms with E-state index in [1.54, 1.807) is 6.07 Å². The zero-order valence-corrected chi connectivity index (χ0v) is 22.1. The summed E-state index contributed by atoms with van der Waals surface area (Å²) < 4.78 is 2.82. The van der Waals surface area contributed by atoms with Gasteiger partial charge in [0.2, 0.25) is 0 Å². The summed E-state index contributed by atoms with van der Waals surface area (Å²) in [5.74, 6) is 1.28. The molecule has 8 heteroatoms. The highest BCUT2D eigenvalue weighted by atomic mass is 35.5. The topological polar surface area (TPSA) is 70.2 Å². The van der Waals surface area contributed by atoms with Crippen molar-refractivity contribution in [2.75, 3.05) is 25.5 Å². The van der Waals surface area contributed by atoms with Gasteiger partial charge in [-0.15, -0.1) is 0 Å². The fourth-order valence-electron chi connectivity index (χ4n) is 4.11. The number of nitrogens with zero attached hydrogens (tertiary/aromatic N) is 3. The lowest BCUT2D eigenvalue weighted by atomic mass is 9.91. The predicted molar refractivity (Wildman–Crippen MR) is 138 cm³/mol. The molecule has 0 saturated carbocycles. The second-order valence-corrected chi connectivity index (χ2v) is 11.7. The molecule has 1 fully saturated rings. The Morgan fingerprint density at radius 3 is 2.64 bits per heavy atom. The van der Waals surface area contributed by atoms with Crippen LogP contribution in [0.3, 0.4) is 0 Å². The molecule has 1 saturated heterocycles. The fourth-order valence-corrected chi connectivity index (χ4v) is 4.94. The van der Waals surface area contributed by atoms with Gasteiger partial charge in [-0.2, -0.15) is 0 Å². The maximum atomic E-state index is 12.6. The van der Waals surface area contributed by atoms with Crippen molar-refractivity contribution in [2.45, 2.75) is 69.9 Å². The average Bonchev–Trinajstić information content (AvgIpc) is 3.00. The SMILES string of the molecule is CN1CC(CCCNc2cccc(SNC(=O)c3ccc(C(C)(C)C)nc3Cl)n2)CC1(C)C. The Kier molecular flexibility index (Phi) is 8.30. The zero-order chi connectivity index (χ0) is 24.2. The second kappa shape index (κ2) is 10.6. The van der Waals surface area contributed by atoms with Crippen LogP contribution in [0.1, 0.15) is 69.9 Å². The van der Waals surface area contributed by atoms with Crippen molar-refractivity contribution < 1.29 is 4.79 Å². The number of carbonyl (C=O) groups is 1. The van der Waals surface area contributed by atoms with Crippen LogP contribution < -0.4 is 10.0 Å². The molecule has 0 aromatic carbocycles. The molecule has 1 atom stereocenters. The van der Waals surface area contributed by atoms with E-state index in [-0.39, 0.29) is 16.5 Å². The molecule has 0 aliphatic carbocycles. The van der Waals surface area contributed by atoms with E-state index in [0.29, 0.717) is 16.1 Å². The smallest absolute Gasteiger partial charge is 0.264 e. The quantitative estimate of drug-likeness (QED) is 0.278. The van der Waals surface area contributed by atoms with E-state index in [0.717, 1.165) is 30.4 Å². The van der Waals surface area contributed by atoms with Crippen LogP contribution in [0.5, 0.6) is 0 Å². The molecule has 2 aromatic heterocycles. The summed E-state index contributed by atoms with van der Waals surface area (Å²) in [6, 6.07) is 9.32. The molecule has 0 radical (unpaired) electrons. The number of pyridine rings is 2. The Morgan fingerprint density at radius 2 is 2.00 bits per heavy atom. The number of anilines is 1. The molecule has 3 heterocycles. The minimum absolute atomic E-state index is 0.130. The number of nitrogens with one attached hydrogen (secondary N) is 2. The number of hydrogen-bond acceptors (Lipinski definition) is 6. The van der Waals surface area contributed by atoms with Crippen molar-refractivity contribution in [2.24, 2.45) is 5.92 Å². The van der Waals surface area contributed by atoms with Crippen molar-refractivity contribution in [1.82, 2.24) is 19.6 Å². The lowest BCUT2D eigenvalue weighted by Crippen LogP contribution is -2.34. The highest BCUT2D eigenvalue weighted by Crippen LogP contribution is 2.33. The van der Waals surface area contributed by atoms with Crippen molar-refractivity contribution in [3.63, 3.8) is 0 Å². The van der Waals surface area contributed by atoms with Gasteiger partial charge in [-0.1, -0.05) is 38.4 Å². The second-order valence-electron chi connectivity index (χ2n) is 10.5. The number of carbonyl (C=O) groups excluding carboxylic acids is 1. The maximum absolute atomic E-state index is 12.6. The summed E-state index contributed by atoms with van der Waals surface area (Å²) in [4.78, 5) is 24.0. The molecule has 6 nitrogen and oxygen atoms in total. The first-order valence-corrected chi connectivity index (χ1v) is 12.7. The lowest BCUT2D eigenvalue weighted by Gasteiger charge is -2.26. The van der Waals surface area contributed by atoms with Crippen LogP contribution in [0, 0.1) is 5.92 Å². The Hall–Kier alpha value is -1.83. The van der Waals surface area contributed by atoms with Crippen LogP contribution in [0.2, 0.25) is 5.15 Å². The minimum atomic E-state index is -0.289. The normalized spacial score (nSPS) is 18.3. The molecule has 0 spiro atoms. The monoisotopic (exact) mass is 489 g/mol. The summed E-state index contributed by atoms with van der Waals surface area (Å²) in [6.45, 7) is 12.9. The van der Waals surface area contributed by atoms with Crippen LogP contribution in [-0.2, 0) is 5.41 Å². The van der Waals surface area contributed by atoms with Gasteiger partial charge in [-0.3, -0.25) is 9.52 Å². The largest absolute Gasteiger partial charge is 0.370 e. The van der Waals surface area contributed by atoms with Gasteiger partial charge in [0.15, 0.2) is 0 Å². The molecule has 180 valence electrons. The maximum Gasteiger partial charge on any atom is 0.264 e. The standard InChI is InChI=1S/C25H36ClN5OS/c1-24(2,3)19-13-12-18(22(26)28-19)23(32)30-33-21-11-7-10-20(29-21)27-14-8-9-17-15-25(4,5)31(6)16-17/h7,10-13,17H,8-9,14-16H2,1-6H3,(H,27,29)(H,30,32). The summed E-state index contributed by atoms with van der Waals surface area (Å²) in [6.07, 6.45) is 3.58. The molecular formula is C25H36ClN5OS. The third-order valence-electron chi connectivity index (χ3n) is 6.28. The molecule has 2 aromatic rings. The van der Waals surface area contributed by atoms with Gasteiger partial charge in [-0.05, 0) is 70.3 Å². The van der Waals surface area contributed by atoms with E-state index < -0.39 is 0 Å². The number of halogens is 1. The van der Waals surface area contributed by atoms with Gasteiger partial charge < -0.3 is 10.2 Å². The van der Waals surface area contributed by atoms with Gasteiger partial charge in [0, 0.05) is 41.7 Å². The molecule has 33 heavy (non-hydrogen) atoms. The molecule has 1 unspecified atom stereocenters. The Balaban J connectivity index is 1.47. The molecule has 3 rings (SSSR count). The van der Waals surface area contributed by atoms with Crippen LogP contribution in [-0.4, -0.2) is 46.5 Å². The van der Waals surface area contributed by atoms with E-state index in [9.17, 15) is 4.79 Å². The lowest BCUT2D eigenvalue weighted by molar-refractivity contribution is 0.0984. The Morgan fingerprint density at radius 1 is 1.24 bits per heavy atom. The third-order valence-corrected chi connectivity index (χ3v) is 7.29. The summed E-state index contributed by atoms with van der Waals surface area (Å²) in [5.41, 5.74) is 1.38. The number of aromatic nitrogens is 2. The highest BCUT2D eigenvalue weighted by molar-refractivity contribution is 7.97. The van der Waals surface area contributed by atoms with E-state index in [1.807, 2.05) is 24.3 Å². The first-order valence-electron chi connectivity index (χ1n) is 11.5. The van der Waals surface area contributed by atoms with Gasteiger partial charge >= 0.3 is 0 Å². The van der Waals surface area contributed by atoms with E-state index in [2.05, 4.69) is 66.6 Å². The fraction of sp³-hybridized carbons (Fsp3) is 0.560. The number of rotatable bonds is 8. The Labute approximate surface area is 207 Å². The highest BCUT2D eigenvalue weighted by Gasteiger charge is 2.35. The van der Waals surface area contributed by atoms with E-state index in [1.165, 1.54) is 31.3 Å². The van der Waals surface area contributed by atoms with Crippen LogP contribution >= 0.6 is 23.5 Å². The van der Waals surface area contributed by atoms with Crippen molar-refractivity contribution in [3.8, 4) is 0 Å². The number of likely N-dealkylation sites (tertiary alicyclic amines) is 1. The summed E-state index contributed by atoms with van der Waals surface area (Å²) in [7, 11) is 2.22. The van der Waals surface area contributed by atoms with Crippen molar-refractivity contribution in [1.29, 1.82) is 0 Å². The first-order chi connectivity index (χ1) is 15.5. The molecule has 2 N–H and O–H groups in total. The minimum Gasteiger partial charge on any atom is -0.370 e. The molecule has 1 aliphatic heterocycles. The van der Waals surface area contributed by atoms with Crippen LogP contribution in [0.4, 0.5) is 5.82 Å². The summed E-state index contributed by atoms with van der Waals surface area (Å²) >= 11 is 7.44. The van der Waals surface area contributed by atoms with Crippen LogP contribution in [0.15, 0.2) is 35.4 Å². The van der Waals surface area contributed by atoms with Crippen molar-refractivity contribution >= 4 is 35.3 Å². The van der Waals surface area contributed by atoms with Gasteiger partial charge in [-0.25, -0.2) is 9.97 Å². The molecule has 1 aliphatic rings.